The second-order valence-electron chi connectivity index (χ2n) is 10.5. The minimum Gasteiger partial charge on any atom is -0.481 e. The van der Waals surface area contributed by atoms with Crippen LogP contribution in [0.4, 0.5) is 11.6 Å². The van der Waals surface area contributed by atoms with E-state index in [9.17, 15) is 4.79 Å². The third-order valence-corrected chi connectivity index (χ3v) is 6.47. The van der Waals surface area contributed by atoms with Gasteiger partial charge in [0.2, 0.25) is 0 Å². The quantitative estimate of drug-likeness (QED) is 0.516. The number of nitrogens with zero attached hydrogens (tertiary/aromatic N) is 4. The number of aryl methyl sites for hydroxylation is 1. The van der Waals surface area contributed by atoms with Gasteiger partial charge in [-0.25, -0.2) is 9.97 Å². The lowest BCUT2D eigenvalue weighted by atomic mass is 9.85. The molecule has 36 heavy (non-hydrogen) atoms. The molecule has 0 saturated carbocycles. The number of benzene rings is 2. The molecule has 0 radical (unpaired) electrons. The van der Waals surface area contributed by atoms with Gasteiger partial charge in [0.05, 0.1) is 0 Å². The maximum absolute atomic E-state index is 12.9. The number of piperazine rings is 1. The molecule has 1 aromatic heterocycles. The largest absolute Gasteiger partial charge is 0.481 e. The zero-order valence-corrected chi connectivity index (χ0v) is 22.0. The van der Waals surface area contributed by atoms with Crippen molar-refractivity contribution in [3.8, 4) is 5.75 Å². The molecule has 0 bridgehead atoms. The number of ether oxygens (including phenoxy) is 1. The van der Waals surface area contributed by atoms with Crippen LogP contribution in [0, 0.1) is 6.92 Å². The van der Waals surface area contributed by atoms with Crippen molar-refractivity contribution in [2.45, 2.75) is 52.7 Å². The maximum Gasteiger partial charge on any atom is 0.266 e. The van der Waals surface area contributed by atoms with Crippen molar-refractivity contribution in [2.75, 3.05) is 36.4 Å². The first-order valence-electron chi connectivity index (χ1n) is 12.6. The van der Waals surface area contributed by atoms with E-state index in [-0.39, 0.29) is 11.3 Å². The number of hydrogen-bond donors (Lipinski definition) is 1. The van der Waals surface area contributed by atoms with Gasteiger partial charge in [0.25, 0.3) is 5.91 Å². The summed E-state index contributed by atoms with van der Waals surface area (Å²) in [7, 11) is 0. The zero-order chi connectivity index (χ0) is 25.7. The summed E-state index contributed by atoms with van der Waals surface area (Å²) in [6, 6.07) is 18.5. The number of hydrogen-bond acceptors (Lipinski definition) is 6. The number of aromatic nitrogens is 2. The van der Waals surface area contributed by atoms with Crippen LogP contribution in [0.3, 0.4) is 0 Å². The van der Waals surface area contributed by atoms with Crippen molar-refractivity contribution >= 4 is 17.5 Å². The van der Waals surface area contributed by atoms with E-state index in [1.165, 1.54) is 17.5 Å². The highest BCUT2D eigenvalue weighted by Gasteiger charge is 2.23. The molecule has 190 valence electrons. The SMILES string of the molecule is Cc1ccc(OC(C)C(=O)Nc2cc(N3CCN(Cc4ccccc4)CC3)ncn2)c(C(C)(C)C)c1. The Labute approximate surface area is 214 Å². The van der Waals surface area contributed by atoms with E-state index in [1.54, 1.807) is 6.92 Å². The first-order valence-corrected chi connectivity index (χ1v) is 12.6. The number of rotatable bonds is 7. The molecule has 7 heteroatoms. The molecule has 2 aromatic carbocycles. The lowest BCUT2D eigenvalue weighted by molar-refractivity contribution is -0.122. The lowest BCUT2D eigenvalue weighted by Crippen LogP contribution is -2.46. The topological polar surface area (TPSA) is 70.6 Å². The van der Waals surface area contributed by atoms with Gasteiger partial charge in [0.15, 0.2) is 6.10 Å². The number of anilines is 2. The number of amides is 1. The molecule has 2 heterocycles. The Bertz CT molecular complexity index is 1170. The van der Waals surface area contributed by atoms with E-state index >= 15 is 0 Å². The predicted molar refractivity (Wildman–Crippen MR) is 145 cm³/mol. The van der Waals surface area contributed by atoms with Crippen LogP contribution in [0.5, 0.6) is 5.75 Å². The van der Waals surface area contributed by atoms with Gasteiger partial charge in [-0.15, -0.1) is 0 Å². The monoisotopic (exact) mass is 487 g/mol. The molecule has 1 amide bonds. The van der Waals surface area contributed by atoms with Gasteiger partial charge < -0.3 is 15.0 Å². The fraction of sp³-hybridized carbons (Fsp3) is 0.414. The van der Waals surface area contributed by atoms with Gasteiger partial charge in [0.1, 0.15) is 23.7 Å². The summed E-state index contributed by atoms with van der Waals surface area (Å²) in [5.41, 5.74) is 3.48. The Kier molecular flexibility index (Phi) is 7.89. The molecule has 7 nitrogen and oxygen atoms in total. The first-order chi connectivity index (χ1) is 17.2. The molecule has 1 saturated heterocycles. The van der Waals surface area contributed by atoms with Gasteiger partial charge in [-0.3, -0.25) is 9.69 Å². The second-order valence-corrected chi connectivity index (χ2v) is 10.5. The van der Waals surface area contributed by atoms with Crippen molar-refractivity contribution < 1.29 is 9.53 Å². The van der Waals surface area contributed by atoms with Crippen molar-refractivity contribution in [3.05, 3.63) is 77.6 Å². The van der Waals surface area contributed by atoms with Crippen molar-refractivity contribution in [1.82, 2.24) is 14.9 Å². The first kappa shape index (κ1) is 25.6. The summed E-state index contributed by atoms with van der Waals surface area (Å²) in [4.78, 5) is 26.3. The van der Waals surface area contributed by atoms with Crippen molar-refractivity contribution in [1.29, 1.82) is 0 Å². The number of carbonyl (C=O) groups is 1. The van der Waals surface area contributed by atoms with Gasteiger partial charge >= 0.3 is 0 Å². The molecule has 1 unspecified atom stereocenters. The highest BCUT2D eigenvalue weighted by molar-refractivity contribution is 5.93. The van der Waals surface area contributed by atoms with E-state index in [2.05, 4.69) is 83.1 Å². The summed E-state index contributed by atoms with van der Waals surface area (Å²) in [6.45, 7) is 14.9. The van der Waals surface area contributed by atoms with Crippen molar-refractivity contribution in [3.63, 3.8) is 0 Å². The molecule has 1 atom stereocenters. The summed E-state index contributed by atoms with van der Waals surface area (Å²) >= 11 is 0. The summed E-state index contributed by atoms with van der Waals surface area (Å²) in [6.07, 6.45) is 0.832. The third-order valence-electron chi connectivity index (χ3n) is 6.47. The number of nitrogens with one attached hydrogen (secondary N) is 1. The van der Waals surface area contributed by atoms with Crippen LogP contribution in [-0.4, -0.2) is 53.1 Å². The highest BCUT2D eigenvalue weighted by Crippen LogP contribution is 2.32. The van der Waals surface area contributed by atoms with E-state index in [0.717, 1.165) is 49.9 Å². The Morgan fingerprint density at radius 2 is 1.75 bits per heavy atom. The molecule has 1 aliphatic rings. The Balaban J connectivity index is 1.35. The van der Waals surface area contributed by atoms with Crippen molar-refractivity contribution in [2.24, 2.45) is 0 Å². The van der Waals surface area contributed by atoms with Crippen LogP contribution in [0.25, 0.3) is 0 Å². The summed E-state index contributed by atoms with van der Waals surface area (Å²) in [5.74, 6) is 1.79. The summed E-state index contributed by atoms with van der Waals surface area (Å²) in [5, 5.41) is 2.90. The fourth-order valence-electron chi connectivity index (χ4n) is 4.37. The Morgan fingerprint density at radius 3 is 2.44 bits per heavy atom. The minimum absolute atomic E-state index is 0.0930. The van der Waals surface area contributed by atoms with Crippen LogP contribution in [0.2, 0.25) is 0 Å². The highest BCUT2D eigenvalue weighted by atomic mass is 16.5. The predicted octanol–water partition coefficient (Wildman–Crippen LogP) is 4.81. The molecule has 0 spiro atoms. The molecule has 0 aliphatic carbocycles. The standard InChI is InChI=1S/C29H37N5O2/c1-21-11-12-25(24(17-21)29(3,4)5)36-22(2)28(35)32-26-18-27(31-20-30-26)34-15-13-33(14-16-34)19-23-9-7-6-8-10-23/h6-12,17-18,20,22H,13-16,19H2,1-5H3,(H,30,31,32,35). The maximum atomic E-state index is 12.9. The van der Waals surface area contributed by atoms with Crippen LogP contribution in [-0.2, 0) is 16.8 Å². The average molecular weight is 488 g/mol. The van der Waals surface area contributed by atoms with E-state index in [4.69, 9.17) is 4.74 Å². The molecular formula is C29H37N5O2. The molecule has 4 rings (SSSR count). The van der Waals surface area contributed by atoms with Crippen LogP contribution in [0.1, 0.15) is 44.4 Å². The molecule has 1 N–H and O–H groups in total. The fourth-order valence-corrected chi connectivity index (χ4v) is 4.37. The lowest BCUT2D eigenvalue weighted by Gasteiger charge is -2.35. The Hall–Kier alpha value is -3.45. The minimum atomic E-state index is -0.672. The smallest absolute Gasteiger partial charge is 0.266 e. The van der Waals surface area contributed by atoms with E-state index in [0.29, 0.717) is 5.82 Å². The molecule has 3 aromatic rings. The molecule has 1 fully saturated rings. The van der Waals surface area contributed by atoms with E-state index < -0.39 is 6.10 Å². The summed E-state index contributed by atoms with van der Waals surface area (Å²) < 4.78 is 6.10. The van der Waals surface area contributed by atoms with Gasteiger partial charge in [-0.2, -0.15) is 0 Å². The van der Waals surface area contributed by atoms with Gasteiger partial charge in [-0.1, -0.05) is 68.8 Å². The van der Waals surface area contributed by atoms with Gasteiger partial charge in [-0.05, 0) is 36.5 Å². The molecular weight excluding hydrogens is 450 g/mol. The van der Waals surface area contributed by atoms with Crippen LogP contribution < -0.4 is 15.0 Å². The molecule has 1 aliphatic heterocycles. The normalized spacial score (nSPS) is 15.4. The number of carbonyl (C=O) groups excluding carboxylic acids is 1. The van der Waals surface area contributed by atoms with E-state index in [1.807, 2.05) is 24.3 Å². The third kappa shape index (κ3) is 6.61. The average Bonchev–Trinajstić information content (AvgIpc) is 2.86. The van der Waals surface area contributed by atoms with Crippen LogP contribution >= 0.6 is 0 Å². The van der Waals surface area contributed by atoms with Gasteiger partial charge in [0, 0.05) is 38.8 Å². The zero-order valence-electron chi connectivity index (χ0n) is 22.0. The van der Waals surface area contributed by atoms with Crippen LogP contribution in [0.15, 0.2) is 60.9 Å². The second kappa shape index (κ2) is 11.1. The Morgan fingerprint density at radius 1 is 1.03 bits per heavy atom.